The van der Waals surface area contributed by atoms with E-state index in [9.17, 15) is 39.0 Å². The molecule has 0 bridgehead atoms. The Hall–Kier alpha value is -5.24. The first-order valence-electron chi connectivity index (χ1n) is 23.9. The van der Waals surface area contributed by atoms with E-state index in [-0.39, 0.29) is 75.7 Å². The second kappa shape index (κ2) is 23.9. The van der Waals surface area contributed by atoms with Gasteiger partial charge >= 0.3 is 11.4 Å². The number of carbonyl (C=O) groups is 4. The molecule has 20 heteroatoms. The monoisotopic (exact) mass is 978 g/mol. The van der Waals surface area contributed by atoms with Crippen molar-refractivity contribution in [2.45, 2.75) is 128 Å². The van der Waals surface area contributed by atoms with Gasteiger partial charge in [-0.3, -0.25) is 37.4 Å². The van der Waals surface area contributed by atoms with Gasteiger partial charge in [0.1, 0.15) is 25.5 Å². The number of imidazole rings is 2. The number of aliphatic hydroxyl groups excluding tert-OH is 2. The van der Waals surface area contributed by atoms with Gasteiger partial charge in [0.2, 0.25) is 11.8 Å². The molecule has 3 atom stereocenters. The Morgan fingerprint density at radius 2 is 1.15 bits per heavy atom. The van der Waals surface area contributed by atoms with Crippen LogP contribution < -0.4 is 43.3 Å². The molecular weight excluding hydrogens is 915 g/mol. The standard InChI is InChI=1S/C25H34ClN5O4.C23H30ClN5O4/c1-16-14-31(25(35)30(16)15-22(32)28-18-10-11-27-13-18)19-8-9-21(26)20(12-19)24(34)29-23(33)17-6-4-2-3-5-7-17;24-19-8-7-17(11-18(19)22(32)27-21(31)15-5-3-1-2-4-6-15)29-10-9-28(23(29)33)14-20(30)26-16-12-25-13-16/h8-9,12,14,17-18,23,27,33H,2-7,10-11,13,15H2,1H3,(H,28,32)(H,29,34);7-11,15-16,21,25,31H,1-6,12-14H2,(H,26,30)(H,27,32). The van der Waals surface area contributed by atoms with Crippen molar-refractivity contribution in [3.63, 3.8) is 0 Å². The molecule has 4 amide bonds. The van der Waals surface area contributed by atoms with E-state index in [0.717, 1.165) is 110 Å². The van der Waals surface area contributed by atoms with E-state index in [1.165, 1.54) is 36.6 Å². The molecule has 2 aromatic carbocycles. The summed E-state index contributed by atoms with van der Waals surface area (Å²) in [5.74, 6) is -1.37. The van der Waals surface area contributed by atoms with Gasteiger partial charge in [-0.15, -0.1) is 0 Å². The average Bonchev–Trinajstić information content (AvgIpc) is 3.82. The first-order chi connectivity index (χ1) is 32.7. The molecule has 8 rings (SSSR count). The topological polar surface area (TPSA) is 235 Å². The van der Waals surface area contributed by atoms with Gasteiger partial charge in [0, 0.05) is 61.8 Å². The molecule has 4 aromatic rings. The summed E-state index contributed by atoms with van der Waals surface area (Å²) in [7, 11) is 0. The van der Waals surface area contributed by atoms with Gasteiger partial charge in [0.05, 0.1) is 38.6 Å². The fraction of sp³-hybridized carbons (Fsp3) is 0.542. The van der Waals surface area contributed by atoms with Gasteiger partial charge in [-0.2, -0.15) is 0 Å². The van der Waals surface area contributed by atoms with Crippen LogP contribution >= 0.6 is 23.2 Å². The highest BCUT2D eigenvalue weighted by atomic mass is 35.5. The predicted octanol–water partition coefficient (Wildman–Crippen LogP) is 3.50. The van der Waals surface area contributed by atoms with Crippen LogP contribution in [-0.2, 0) is 22.7 Å². The van der Waals surface area contributed by atoms with Crippen LogP contribution in [0.2, 0.25) is 10.0 Å². The highest BCUT2D eigenvalue weighted by Crippen LogP contribution is 2.28. The predicted molar refractivity (Wildman–Crippen MR) is 258 cm³/mol. The molecule has 4 fully saturated rings. The number of halogens is 2. The maximum Gasteiger partial charge on any atom is 0.333 e. The minimum Gasteiger partial charge on any atom is -0.373 e. The molecule has 0 radical (unpaired) electrons. The van der Waals surface area contributed by atoms with Crippen LogP contribution in [0, 0.1) is 18.8 Å². The number of hydrogen-bond donors (Lipinski definition) is 8. The van der Waals surface area contributed by atoms with E-state index >= 15 is 0 Å². The van der Waals surface area contributed by atoms with Gasteiger partial charge in [-0.1, -0.05) is 74.6 Å². The van der Waals surface area contributed by atoms with Crippen molar-refractivity contribution in [2.24, 2.45) is 11.8 Å². The Kier molecular flexibility index (Phi) is 17.8. The summed E-state index contributed by atoms with van der Waals surface area (Å²) in [6, 6.07) is 9.61. The number of benzene rings is 2. The molecule has 3 unspecified atom stereocenters. The van der Waals surface area contributed by atoms with Crippen molar-refractivity contribution in [1.29, 1.82) is 0 Å². The lowest BCUT2D eigenvalue weighted by Gasteiger charge is -2.27. The largest absolute Gasteiger partial charge is 0.373 e. The number of aromatic nitrogens is 4. The third-order valence-electron chi connectivity index (χ3n) is 13.4. The Balaban J connectivity index is 0.000000202. The number of carbonyl (C=O) groups excluding carboxylic acids is 4. The molecule has 4 heterocycles. The van der Waals surface area contributed by atoms with E-state index in [2.05, 4.69) is 31.9 Å². The molecule has 0 spiro atoms. The van der Waals surface area contributed by atoms with Crippen molar-refractivity contribution in [2.75, 3.05) is 26.2 Å². The van der Waals surface area contributed by atoms with E-state index in [1.807, 2.05) is 0 Å². The van der Waals surface area contributed by atoms with Gasteiger partial charge in [0.25, 0.3) is 11.8 Å². The number of rotatable bonds is 14. The molecular formula is C48H64Cl2N10O8. The average molecular weight is 980 g/mol. The number of nitrogens with zero attached hydrogens (tertiary/aromatic N) is 4. The number of amides is 4. The zero-order valence-corrected chi connectivity index (χ0v) is 40.0. The minimum absolute atomic E-state index is 0.0221. The molecule has 2 saturated heterocycles. The van der Waals surface area contributed by atoms with Gasteiger partial charge in [-0.05, 0) is 82.0 Å². The molecule has 368 valence electrons. The molecule has 2 aromatic heterocycles. The van der Waals surface area contributed by atoms with Crippen molar-refractivity contribution in [3.8, 4) is 11.4 Å². The Morgan fingerprint density at radius 1 is 0.647 bits per heavy atom. The van der Waals surface area contributed by atoms with E-state index in [1.54, 1.807) is 43.6 Å². The van der Waals surface area contributed by atoms with Crippen LogP contribution in [0.3, 0.4) is 0 Å². The summed E-state index contributed by atoms with van der Waals surface area (Å²) in [6.07, 6.45) is 16.0. The van der Waals surface area contributed by atoms with Gasteiger partial charge in [-0.25, -0.2) is 9.59 Å². The lowest BCUT2D eigenvalue weighted by Crippen LogP contribution is -2.57. The van der Waals surface area contributed by atoms with Crippen LogP contribution in [0.25, 0.3) is 11.4 Å². The summed E-state index contributed by atoms with van der Waals surface area (Å²) in [4.78, 5) is 76.3. The van der Waals surface area contributed by atoms with Crippen LogP contribution in [-0.4, -0.2) is 103 Å². The SMILES string of the molecule is Cc1cn(-c2ccc(Cl)c(C(=O)NC(O)C3CCCCCC3)c2)c(=O)n1CC(=O)NC1CCNC1.O=C(Cn1ccn(-c2ccc(Cl)c(C(=O)NC(O)C3CCCCCC3)c2)c1=O)NC1CNC1. The van der Waals surface area contributed by atoms with Crippen molar-refractivity contribution >= 4 is 46.8 Å². The molecule has 2 saturated carbocycles. The maximum absolute atomic E-state index is 13.1. The second-order valence-electron chi connectivity index (χ2n) is 18.4. The summed E-state index contributed by atoms with van der Waals surface area (Å²) in [5.41, 5.74) is 1.10. The summed E-state index contributed by atoms with van der Waals surface area (Å²) in [5, 5.41) is 39.0. The van der Waals surface area contributed by atoms with Crippen LogP contribution in [0.15, 0.2) is 64.6 Å². The smallest absolute Gasteiger partial charge is 0.333 e. The first kappa shape index (κ1) is 50.6. The van der Waals surface area contributed by atoms with Gasteiger partial charge < -0.3 is 42.1 Å². The van der Waals surface area contributed by atoms with Gasteiger partial charge in [0.15, 0.2) is 0 Å². The molecule has 4 aliphatic rings. The maximum atomic E-state index is 13.1. The van der Waals surface area contributed by atoms with Crippen molar-refractivity contribution in [3.05, 3.63) is 103 Å². The summed E-state index contributed by atoms with van der Waals surface area (Å²) < 4.78 is 5.47. The number of aliphatic hydroxyl groups is 2. The zero-order valence-electron chi connectivity index (χ0n) is 38.5. The Labute approximate surface area is 405 Å². The molecule has 2 aliphatic carbocycles. The van der Waals surface area contributed by atoms with Crippen LogP contribution in [0.1, 0.15) is 110 Å². The van der Waals surface area contributed by atoms with Crippen molar-refractivity contribution < 1.29 is 29.4 Å². The van der Waals surface area contributed by atoms with Crippen LogP contribution in [0.4, 0.5) is 0 Å². The minimum atomic E-state index is -0.944. The normalized spacial score (nSPS) is 19.0. The zero-order chi connectivity index (χ0) is 48.3. The van der Waals surface area contributed by atoms with Crippen LogP contribution in [0.5, 0.6) is 0 Å². The quantitative estimate of drug-likeness (QED) is 0.0677. The fourth-order valence-corrected chi connectivity index (χ4v) is 9.71. The number of nitrogens with one attached hydrogen (secondary N) is 6. The molecule has 8 N–H and O–H groups in total. The molecule has 2 aliphatic heterocycles. The van der Waals surface area contributed by atoms with E-state index in [4.69, 9.17) is 23.2 Å². The lowest BCUT2D eigenvalue weighted by atomic mass is 9.98. The number of aryl methyl sites for hydroxylation is 1. The summed E-state index contributed by atoms with van der Waals surface area (Å²) >= 11 is 12.6. The second-order valence-corrected chi connectivity index (χ2v) is 19.3. The third-order valence-corrected chi connectivity index (χ3v) is 14.1. The lowest BCUT2D eigenvalue weighted by molar-refractivity contribution is -0.123. The first-order valence-corrected chi connectivity index (χ1v) is 24.7. The fourth-order valence-electron chi connectivity index (χ4n) is 9.30. The third kappa shape index (κ3) is 13.1. The Bertz CT molecular complexity index is 2510. The van der Waals surface area contributed by atoms with E-state index in [0.29, 0.717) is 17.1 Å². The summed E-state index contributed by atoms with van der Waals surface area (Å²) in [6.45, 7) is 4.64. The highest BCUT2D eigenvalue weighted by molar-refractivity contribution is 6.34. The molecule has 68 heavy (non-hydrogen) atoms. The number of hydrogen-bond acceptors (Lipinski definition) is 10. The highest BCUT2D eigenvalue weighted by Gasteiger charge is 2.27. The Morgan fingerprint density at radius 3 is 1.65 bits per heavy atom. The molecule has 18 nitrogen and oxygen atoms in total. The van der Waals surface area contributed by atoms with E-state index < -0.39 is 30.0 Å². The van der Waals surface area contributed by atoms with Crippen molar-refractivity contribution in [1.82, 2.24) is 50.2 Å².